The first kappa shape index (κ1) is 27.3. The van der Waals surface area contributed by atoms with Crippen LogP contribution in [-0.4, -0.2) is 53.4 Å². The lowest BCUT2D eigenvalue weighted by Crippen LogP contribution is -2.43. The first-order valence-corrected chi connectivity index (χ1v) is 12.6. The third-order valence-corrected chi connectivity index (χ3v) is 6.42. The molecule has 2 heterocycles. The molecule has 0 saturated heterocycles. The lowest BCUT2D eigenvalue weighted by molar-refractivity contribution is -0.140. The van der Waals surface area contributed by atoms with Crippen molar-refractivity contribution in [1.29, 1.82) is 5.26 Å². The zero-order valence-electron chi connectivity index (χ0n) is 22.3. The van der Waals surface area contributed by atoms with Gasteiger partial charge in [-0.25, -0.2) is 4.68 Å². The number of hydrogen-bond acceptors (Lipinski definition) is 6. The van der Waals surface area contributed by atoms with Crippen molar-refractivity contribution >= 4 is 17.9 Å². The van der Waals surface area contributed by atoms with E-state index in [1.54, 1.807) is 30.9 Å². The maximum absolute atomic E-state index is 13.5. The maximum Gasteiger partial charge on any atom is 0.271 e. The molecule has 8 nitrogen and oxygen atoms in total. The van der Waals surface area contributed by atoms with Crippen LogP contribution in [0.1, 0.15) is 24.5 Å². The van der Waals surface area contributed by atoms with Gasteiger partial charge in [0.2, 0.25) is 0 Å². The number of carbonyl (C=O) groups excluding carboxylic acids is 2. The fourth-order valence-corrected chi connectivity index (χ4v) is 4.39. The van der Waals surface area contributed by atoms with Gasteiger partial charge in [-0.1, -0.05) is 30.9 Å². The summed E-state index contributed by atoms with van der Waals surface area (Å²) in [5.41, 5.74) is 4.50. The summed E-state index contributed by atoms with van der Waals surface area (Å²) in [5.74, 6) is -0.291. The van der Waals surface area contributed by atoms with Crippen molar-refractivity contribution in [2.75, 3.05) is 26.9 Å². The van der Waals surface area contributed by atoms with Crippen molar-refractivity contribution in [1.82, 2.24) is 14.7 Å². The van der Waals surface area contributed by atoms with Crippen LogP contribution in [0.2, 0.25) is 0 Å². The Morgan fingerprint density at radius 1 is 1.10 bits per heavy atom. The van der Waals surface area contributed by atoms with Gasteiger partial charge in [-0.3, -0.25) is 14.5 Å². The van der Waals surface area contributed by atoms with Crippen LogP contribution in [0.15, 0.2) is 84.1 Å². The Balaban J connectivity index is 1.85. The van der Waals surface area contributed by atoms with Crippen molar-refractivity contribution in [2.45, 2.75) is 20.3 Å². The Morgan fingerprint density at radius 2 is 1.87 bits per heavy atom. The van der Waals surface area contributed by atoms with E-state index >= 15 is 0 Å². The van der Waals surface area contributed by atoms with Gasteiger partial charge in [0, 0.05) is 43.2 Å². The largest absolute Gasteiger partial charge is 0.489 e. The van der Waals surface area contributed by atoms with E-state index in [1.165, 1.54) is 0 Å². The standard InChI is InChI=1S/C31H30N4O4/c1-5-15-39-28-13-12-23(17-21(28)2)29-24(20-35(33-29)25-10-7-6-8-11-25)18-26-22(3)27(19-32)31(37)34(30(26)36)14-9-16-38-4/h5-8,10-13,17-18,20H,1,9,14-16H2,2-4H3/b26-18+. The fraction of sp³-hybridized carbons (Fsp3) is 0.226. The normalized spacial score (nSPS) is 14.6. The molecule has 0 atom stereocenters. The molecule has 1 aromatic heterocycles. The molecule has 0 bridgehead atoms. The van der Waals surface area contributed by atoms with E-state index in [4.69, 9.17) is 14.6 Å². The van der Waals surface area contributed by atoms with E-state index < -0.39 is 11.8 Å². The summed E-state index contributed by atoms with van der Waals surface area (Å²) in [4.78, 5) is 27.6. The van der Waals surface area contributed by atoms with Crippen LogP contribution in [0.25, 0.3) is 23.0 Å². The third kappa shape index (κ3) is 5.74. The molecule has 0 spiro atoms. The molecule has 0 saturated carbocycles. The minimum Gasteiger partial charge on any atom is -0.489 e. The Morgan fingerprint density at radius 3 is 2.54 bits per heavy atom. The van der Waals surface area contributed by atoms with E-state index in [9.17, 15) is 14.9 Å². The lowest BCUT2D eigenvalue weighted by Gasteiger charge is -2.27. The second-order valence-electron chi connectivity index (χ2n) is 9.07. The van der Waals surface area contributed by atoms with Crippen LogP contribution in [0, 0.1) is 18.3 Å². The average molecular weight is 523 g/mol. The monoisotopic (exact) mass is 522 g/mol. The van der Waals surface area contributed by atoms with Crippen LogP contribution in [0.3, 0.4) is 0 Å². The number of nitriles is 1. The minimum atomic E-state index is -0.584. The highest BCUT2D eigenvalue weighted by Gasteiger charge is 2.35. The third-order valence-electron chi connectivity index (χ3n) is 6.42. The summed E-state index contributed by atoms with van der Waals surface area (Å²) >= 11 is 0. The van der Waals surface area contributed by atoms with Gasteiger partial charge in [0.1, 0.15) is 24.0 Å². The number of amides is 2. The van der Waals surface area contributed by atoms with Crippen LogP contribution < -0.4 is 4.74 Å². The second kappa shape index (κ2) is 12.2. The number of nitrogens with zero attached hydrogens (tertiary/aromatic N) is 4. The Bertz CT molecular complexity index is 1510. The number of aryl methyl sites for hydroxylation is 1. The fourth-order valence-electron chi connectivity index (χ4n) is 4.39. The van der Waals surface area contributed by atoms with Gasteiger partial charge in [0.25, 0.3) is 11.8 Å². The van der Waals surface area contributed by atoms with Crippen LogP contribution in [0.5, 0.6) is 5.75 Å². The number of ether oxygens (including phenoxy) is 2. The number of aromatic nitrogens is 2. The van der Waals surface area contributed by atoms with Gasteiger partial charge in [0.15, 0.2) is 0 Å². The predicted molar refractivity (Wildman–Crippen MR) is 149 cm³/mol. The Labute approximate surface area is 228 Å². The molecule has 8 heteroatoms. The molecule has 39 heavy (non-hydrogen) atoms. The van der Waals surface area contributed by atoms with Crippen LogP contribution >= 0.6 is 0 Å². The highest BCUT2D eigenvalue weighted by Crippen LogP contribution is 2.33. The first-order valence-electron chi connectivity index (χ1n) is 12.6. The quantitative estimate of drug-likeness (QED) is 0.160. The number of carbonyl (C=O) groups is 2. The number of methoxy groups -OCH3 is 1. The zero-order chi connectivity index (χ0) is 27.9. The Kier molecular flexibility index (Phi) is 8.54. The van der Waals surface area contributed by atoms with E-state index in [0.29, 0.717) is 36.5 Å². The number of hydrogen-bond donors (Lipinski definition) is 0. The molecule has 198 valence electrons. The van der Waals surface area contributed by atoms with Crippen molar-refractivity contribution < 1.29 is 19.1 Å². The van der Waals surface area contributed by atoms with Crippen LogP contribution in [0.4, 0.5) is 0 Å². The van der Waals surface area contributed by atoms with Crippen molar-refractivity contribution in [3.8, 4) is 28.8 Å². The highest BCUT2D eigenvalue weighted by atomic mass is 16.5. The molecular weight excluding hydrogens is 492 g/mol. The molecule has 4 rings (SSSR count). The molecule has 1 aliphatic rings. The number of rotatable bonds is 10. The van der Waals surface area contributed by atoms with Gasteiger partial charge in [-0.15, -0.1) is 0 Å². The summed E-state index contributed by atoms with van der Waals surface area (Å²) in [6.45, 7) is 8.22. The molecule has 2 amide bonds. The molecule has 0 aliphatic carbocycles. The zero-order valence-corrected chi connectivity index (χ0v) is 22.3. The number of benzene rings is 2. The molecule has 1 aliphatic heterocycles. The van der Waals surface area contributed by atoms with Crippen molar-refractivity contribution in [3.63, 3.8) is 0 Å². The Hall–Kier alpha value is -4.74. The topological polar surface area (TPSA) is 97.4 Å². The van der Waals surface area contributed by atoms with E-state index in [1.807, 2.05) is 67.7 Å². The molecule has 3 aromatic rings. The first-order chi connectivity index (χ1) is 18.9. The summed E-state index contributed by atoms with van der Waals surface area (Å²) in [6, 6.07) is 17.4. The molecule has 0 N–H and O–H groups in total. The molecule has 2 aromatic carbocycles. The summed E-state index contributed by atoms with van der Waals surface area (Å²) in [5, 5.41) is 14.6. The lowest BCUT2D eigenvalue weighted by atomic mass is 9.93. The second-order valence-corrected chi connectivity index (χ2v) is 9.07. The van der Waals surface area contributed by atoms with E-state index in [2.05, 4.69) is 6.58 Å². The molecule has 0 radical (unpaired) electrons. The summed E-state index contributed by atoms with van der Waals surface area (Å²) in [6.07, 6.45) is 5.71. The number of imide groups is 1. The van der Waals surface area contributed by atoms with Gasteiger partial charge < -0.3 is 9.47 Å². The van der Waals surface area contributed by atoms with Gasteiger partial charge in [0.05, 0.1) is 11.4 Å². The SMILES string of the molecule is C=CCOc1ccc(-c2nn(-c3ccccc3)cc2/C=C2/C(=O)N(CCCOC)C(=O)C(C#N)=C2C)cc1C. The smallest absolute Gasteiger partial charge is 0.271 e. The number of para-hydroxylation sites is 1. The van der Waals surface area contributed by atoms with E-state index in [0.717, 1.165) is 27.5 Å². The molecular formula is C31H30N4O4. The minimum absolute atomic E-state index is 0.0465. The average Bonchev–Trinajstić information content (AvgIpc) is 3.37. The van der Waals surface area contributed by atoms with E-state index in [-0.39, 0.29) is 17.7 Å². The maximum atomic E-state index is 13.5. The van der Waals surface area contributed by atoms with Crippen molar-refractivity contribution in [2.24, 2.45) is 0 Å². The van der Waals surface area contributed by atoms with Crippen molar-refractivity contribution in [3.05, 3.63) is 95.2 Å². The van der Waals surface area contributed by atoms with Crippen LogP contribution in [-0.2, 0) is 14.3 Å². The van der Waals surface area contributed by atoms with Gasteiger partial charge in [-0.2, -0.15) is 10.4 Å². The molecule has 0 unspecified atom stereocenters. The molecule has 0 fully saturated rings. The summed E-state index contributed by atoms with van der Waals surface area (Å²) in [7, 11) is 1.56. The predicted octanol–water partition coefficient (Wildman–Crippen LogP) is 5.04. The summed E-state index contributed by atoms with van der Waals surface area (Å²) < 4.78 is 12.6. The highest BCUT2D eigenvalue weighted by molar-refractivity contribution is 6.19. The van der Waals surface area contributed by atoms with Gasteiger partial charge >= 0.3 is 0 Å². The van der Waals surface area contributed by atoms with Gasteiger partial charge in [-0.05, 0) is 67.8 Å².